The Hall–Kier alpha value is -0.410. The fraction of sp³-hybridized carbons (Fsp3) is 0.929. The molecular weight excluding hydrogens is 214 g/mol. The molecule has 2 heterocycles. The number of aldehydes is 1. The number of fused-ring (bicyclic) bond motifs is 1. The predicted molar refractivity (Wildman–Crippen MR) is 65.9 cm³/mol. The molecule has 0 bridgehead atoms. The summed E-state index contributed by atoms with van der Waals surface area (Å²) in [7, 11) is 0. The maximum absolute atomic E-state index is 11.4. The van der Waals surface area contributed by atoms with Crippen LogP contribution in [-0.2, 0) is 9.53 Å². The van der Waals surface area contributed by atoms with Gasteiger partial charge < -0.3 is 9.53 Å². The maximum atomic E-state index is 11.4. The Kier molecular flexibility index (Phi) is 3.22. The maximum Gasteiger partial charge on any atom is 0.129 e. The molecule has 3 fully saturated rings. The van der Waals surface area contributed by atoms with E-state index in [1.165, 1.54) is 38.6 Å². The van der Waals surface area contributed by atoms with E-state index in [4.69, 9.17) is 4.74 Å². The van der Waals surface area contributed by atoms with Gasteiger partial charge >= 0.3 is 0 Å². The van der Waals surface area contributed by atoms with Gasteiger partial charge in [-0.1, -0.05) is 12.8 Å². The van der Waals surface area contributed by atoms with Crippen LogP contribution in [0.2, 0.25) is 0 Å². The third-order valence-electron chi connectivity index (χ3n) is 5.03. The van der Waals surface area contributed by atoms with Gasteiger partial charge in [0.2, 0.25) is 0 Å². The molecule has 0 aromatic heterocycles. The monoisotopic (exact) mass is 237 g/mol. The largest absolute Gasteiger partial charge is 0.380 e. The number of carbonyl (C=O) groups excluding carboxylic acids is 1. The fourth-order valence-corrected chi connectivity index (χ4v) is 3.98. The lowest BCUT2D eigenvalue weighted by Crippen LogP contribution is -2.43. The summed E-state index contributed by atoms with van der Waals surface area (Å²) in [5.74, 6) is 0.912. The van der Waals surface area contributed by atoms with Crippen molar-refractivity contribution in [3.8, 4) is 0 Å². The predicted octanol–water partition coefficient (Wildman–Crippen LogP) is 1.86. The molecule has 3 nitrogen and oxygen atoms in total. The summed E-state index contributed by atoms with van der Waals surface area (Å²) in [6.45, 7) is 3.55. The topological polar surface area (TPSA) is 29.5 Å². The van der Waals surface area contributed by atoms with Crippen molar-refractivity contribution in [3.05, 3.63) is 0 Å². The van der Waals surface area contributed by atoms with Gasteiger partial charge in [-0.05, 0) is 38.1 Å². The van der Waals surface area contributed by atoms with Crippen molar-refractivity contribution in [1.82, 2.24) is 4.90 Å². The molecule has 0 N–H and O–H groups in total. The lowest BCUT2D eigenvalue weighted by molar-refractivity contribution is -0.117. The Morgan fingerprint density at radius 1 is 1.29 bits per heavy atom. The van der Waals surface area contributed by atoms with Crippen LogP contribution in [0.5, 0.6) is 0 Å². The normalized spacial score (nSPS) is 42.6. The van der Waals surface area contributed by atoms with Crippen molar-refractivity contribution in [1.29, 1.82) is 0 Å². The minimum Gasteiger partial charge on any atom is -0.380 e. The lowest BCUT2D eigenvalue weighted by Gasteiger charge is -2.35. The van der Waals surface area contributed by atoms with Gasteiger partial charge in [0.25, 0.3) is 0 Å². The van der Waals surface area contributed by atoms with Gasteiger partial charge in [0.15, 0.2) is 0 Å². The number of hydrogen-bond acceptors (Lipinski definition) is 3. The van der Waals surface area contributed by atoms with E-state index in [1.54, 1.807) is 0 Å². The minimum atomic E-state index is -0.188. The van der Waals surface area contributed by atoms with Crippen molar-refractivity contribution in [2.24, 2.45) is 11.3 Å². The standard InChI is InChI=1S/C14H23NO2/c16-10-14(6-8-17-11-14)9-15-7-5-12-3-1-2-4-13(12)15/h10,12-13H,1-9,11H2. The zero-order valence-electron chi connectivity index (χ0n) is 10.6. The molecule has 3 atom stereocenters. The van der Waals surface area contributed by atoms with Crippen LogP contribution >= 0.6 is 0 Å². The average molecular weight is 237 g/mol. The van der Waals surface area contributed by atoms with Crippen molar-refractivity contribution in [2.75, 3.05) is 26.3 Å². The molecule has 17 heavy (non-hydrogen) atoms. The second kappa shape index (κ2) is 4.69. The first-order chi connectivity index (χ1) is 8.33. The first-order valence-electron chi connectivity index (χ1n) is 7.11. The number of rotatable bonds is 3. The molecule has 1 aliphatic carbocycles. The molecular formula is C14H23NO2. The van der Waals surface area contributed by atoms with E-state index in [-0.39, 0.29) is 5.41 Å². The number of likely N-dealkylation sites (tertiary alicyclic amines) is 1. The lowest BCUT2D eigenvalue weighted by atomic mass is 9.83. The second-order valence-electron chi connectivity index (χ2n) is 6.15. The summed E-state index contributed by atoms with van der Waals surface area (Å²) in [5, 5.41) is 0. The van der Waals surface area contributed by atoms with Gasteiger partial charge in [0.1, 0.15) is 6.29 Å². The summed E-state index contributed by atoms with van der Waals surface area (Å²) in [4.78, 5) is 14.0. The zero-order valence-corrected chi connectivity index (χ0v) is 10.6. The average Bonchev–Trinajstić information content (AvgIpc) is 2.99. The molecule has 0 spiro atoms. The molecule has 0 radical (unpaired) electrons. The second-order valence-corrected chi connectivity index (χ2v) is 6.15. The Labute approximate surface area is 104 Å². The number of nitrogens with zero attached hydrogens (tertiary/aromatic N) is 1. The van der Waals surface area contributed by atoms with Crippen molar-refractivity contribution >= 4 is 6.29 Å². The summed E-state index contributed by atoms with van der Waals surface area (Å²) < 4.78 is 5.44. The smallest absolute Gasteiger partial charge is 0.129 e. The zero-order chi connectivity index (χ0) is 11.7. The van der Waals surface area contributed by atoms with Gasteiger partial charge in [-0.3, -0.25) is 4.90 Å². The van der Waals surface area contributed by atoms with E-state index in [0.29, 0.717) is 6.61 Å². The minimum absolute atomic E-state index is 0.188. The molecule has 3 rings (SSSR count). The highest BCUT2D eigenvalue weighted by Gasteiger charge is 2.42. The van der Waals surface area contributed by atoms with Gasteiger partial charge in [0, 0.05) is 19.2 Å². The molecule has 3 heteroatoms. The summed E-state index contributed by atoms with van der Waals surface area (Å²) in [5.41, 5.74) is -0.188. The molecule has 2 saturated heterocycles. The molecule has 2 aliphatic heterocycles. The van der Waals surface area contributed by atoms with Crippen LogP contribution in [0.3, 0.4) is 0 Å². The van der Waals surface area contributed by atoms with Crippen molar-refractivity contribution in [3.63, 3.8) is 0 Å². The number of hydrogen-bond donors (Lipinski definition) is 0. The molecule has 0 aromatic carbocycles. The van der Waals surface area contributed by atoms with E-state index < -0.39 is 0 Å². The fourth-order valence-electron chi connectivity index (χ4n) is 3.98. The summed E-state index contributed by atoms with van der Waals surface area (Å²) in [6.07, 6.45) is 8.98. The van der Waals surface area contributed by atoms with Crippen LogP contribution in [0.1, 0.15) is 38.5 Å². The Bertz CT molecular complexity index is 286. The van der Waals surface area contributed by atoms with Gasteiger partial charge in [-0.15, -0.1) is 0 Å². The highest BCUT2D eigenvalue weighted by molar-refractivity contribution is 5.60. The molecule has 3 unspecified atom stereocenters. The molecule has 3 aliphatic rings. The number of ether oxygens (including phenoxy) is 1. The van der Waals surface area contributed by atoms with Crippen LogP contribution in [0, 0.1) is 11.3 Å². The summed E-state index contributed by atoms with van der Waals surface area (Å²) >= 11 is 0. The summed E-state index contributed by atoms with van der Waals surface area (Å²) in [6, 6.07) is 0.765. The Morgan fingerprint density at radius 3 is 2.94 bits per heavy atom. The van der Waals surface area contributed by atoms with E-state index in [2.05, 4.69) is 4.90 Å². The van der Waals surface area contributed by atoms with E-state index in [0.717, 1.165) is 37.8 Å². The van der Waals surface area contributed by atoms with Crippen LogP contribution in [0.25, 0.3) is 0 Å². The van der Waals surface area contributed by atoms with E-state index in [1.807, 2.05) is 0 Å². The SMILES string of the molecule is O=CC1(CN2CCC3CCCCC32)CCOC1. The molecule has 0 aromatic rings. The highest BCUT2D eigenvalue weighted by Crippen LogP contribution is 2.38. The quantitative estimate of drug-likeness (QED) is 0.702. The van der Waals surface area contributed by atoms with Crippen molar-refractivity contribution < 1.29 is 9.53 Å². The van der Waals surface area contributed by atoms with Gasteiger partial charge in [-0.2, -0.15) is 0 Å². The molecule has 1 saturated carbocycles. The van der Waals surface area contributed by atoms with E-state index in [9.17, 15) is 4.79 Å². The van der Waals surface area contributed by atoms with Crippen LogP contribution < -0.4 is 0 Å². The Morgan fingerprint density at radius 2 is 2.18 bits per heavy atom. The highest BCUT2D eigenvalue weighted by atomic mass is 16.5. The van der Waals surface area contributed by atoms with E-state index >= 15 is 0 Å². The third-order valence-corrected chi connectivity index (χ3v) is 5.03. The van der Waals surface area contributed by atoms with Crippen LogP contribution in [0.15, 0.2) is 0 Å². The van der Waals surface area contributed by atoms with Crippen LogP contribution in [0.4, 0.5) is 0 Å². The van der Waals surface area contributed by atoms with Gasteiger partial charge in [0.05, 0.1) is 12.0 Å². The third kappa shape index (κ3) is 2.15. The first kappa shape index (κ1) is 11.7. The molecule has 96 valence electrons. The van der Waals surface area contributed by atoms with Crippen molar-refractivity contribution in [2.45, 2.75) is 44.6 Å². The first-order valence-corrected chi connectivity index (χ1v) is 7.11. The Balaban J connectivity index is 1.66. The van der Waals surface area contributed by atoms with Gasteiger partial charge in [-0.25, -0.2) is 0 Å². The molecule has 0 amide bonds. The number of carbonyl (C=O) groups is 1. The van der Waals surface area contributed by atoms with Crippen LogP contribution in [-0.4, -0.2) is 43.5 Å².